The van der Waals surface area contributed by atoms with Gasteiger partial charge in [0.1, 0.15) is 11.5 Å². The molecule has 0 aliphatic carbocycles. The summed E-state index contributed by atoms with van der Waals surface area (Å²) in [6.45, 7) is 7.34. The number of piperazine rings is 1. The van der Waals surface area contributed by atoms with Gasteiger partial charge in [0.05, 0.1) is 23.4 Å². The third kappa shape index (κ3) is 4.51. The molecule has 1 aromatic heterocycles. The van der Waals surface area contributed by atoms with Gasteiger partial charge in [0.2, 0.25) is 0 Å². The summed E-state index contributed by atoms with van der Waals surface area (Å²) in [5.41, 5.74) is 4.01. The normalized spacial score (nSPS) is 17.4. The van der Waals surface area contributed by atoms with Gasteiger partial charge in [-0.25, -0.2) is 9.18 Å². The standard InChI is InChI=1S/C28H28FN5O3/c1-28(2,3)25-16-32(8-9-34(25)27(36)37)23-11-20-15-33-14-19(18-6-4-17(13-30)5-7-18)10-24(33)26(35)31-22(20)12-21(23)29/h4-7,10-12,14,25H,8-9,15-16H2,1-3H3,(H,31,35)(H,36,37). The third-order valence-corrected chi connectivity index (χ3v) is 7.20. The SMILES string of the molecule is CC(C)(C)C1CN(c2cc3c(cc2F)NC(=O)c2cc(-c4ccc(C#N)cc4)cn2C3)CCN1C(=O)O. The molecular weight excluding hydrogens is 473 g/mol. The van der Waals surface area contributed by atoms with E-state index in [4.69, 9.17) is 5.26 Å². The molecule has 1 fully saturated rings. The van der Waals surface area contributed by atoms with Gasteiger partial charge in [-0.05, 0) is 46.9 Å². The average molecular weight is 502 g/mol. The third-order valence-electron chi connectivity index (χ3n) is 7.20. The van der Waals surface area contributed by atoms with Crippen LogP contribution in [0.1, 0.15) is 42.4 Å². The van der Waals surface area contributed by atoms with E-state index in [9.17, 15) is 14.7 Å². The van der Waals surface area contributed by atoms with E-state index in [0.29, 0.717) is 42.3 Å². The number of nitrogens with one attached hydrogen (secondary N) is 1. The zero-order valence-electron chi connectivity index (χ0n) is 21.0. The highest BCUT2D eigenvalue weighted by molar-refractivity contribution is 6.05. The van der Waals surface area contributed by atoms with Crippen molar-refractivity contribution in [2.45, 2.75) is 33.4 Å². The second-order valence-corrected chi connectivity index (χ2v) is 10.6. The van der Waals surface area contributed by atoms with Crippen LogP contribution in [-0.2, 0) is 6.54 Å². The van der Waals surface area contributed by atoms with Gasteiger partial charge in [0.25, 0.3) is 5.91 Å². The summed E-state index contributed by atoms with van der Waals surface area (Å²) < 4.78 is 17.2. The first-order chi connectivity index (χ1) is 17.5. The van der Waals surface area contributed by atoms with Crippen molar-refractivity contribution in [3.8, 4) is 17.2 Å². The van der Waals surface area contributed by atoms with Crippen LogP contribution >= 0.6 is 0 Å². The molecule has 9 heteroatoms. The predicted octanol–water partition coefficient (Wildman–Crippen LogP) is 4.99. The van der Waals surface area contributed by atoms with E-state index < -0.39 is 11.9 Å². The Labute approximate surface area is 214 Å². The second kappa shape index (κ2) is 8.96. The highest BCUT2D eigenvalue weighted by atomic mass is 19.1. The molecular formula is C28H28FN5O3. The molecule has 2 N–H and O–H groups in total. The molecule has 5 rings (SSSR count). The summed E-state index contributed by atoms with van der Waals surface area (Å²) in [6.07, 6.45) is 0.915. The number of nitriles is 1. The zero-order valence-corrected chi connectivity index (χ0v) is 21.0. The van der Waals surface area contributed by atoms with Gasteiger partial charge in [-0.3, -0.25) is 4.79 Å². The number of anilines is 2. The zero-order chi connectivity index (χ0) is 26.5. The summed E-state index contributed by atoms with van der Waals surface area (Å²) >= 11 is 0. The van der Waals surface area contributed by atoms with Crippen LogP contribution in [0.5, 0.6) is 0 Å². The first kappa shape index (κ1) is 24.4. The average Bonchev–Trinajstić information content (AvgIpc) is 3.23. The molecule has 3 heterocycles. The molecule has 190 valence electrons. The lowest BCUT2D eigenvalue weighted by Gasteiger charge is -2.46. The van der Waals surface area contributed by atoms with Crippen molar-refractivity contribution in [3.63, 3.8) is 0 Å². The van der Waals surface area contributed by atoms with Crippen molar-refractivity contribution >= 4 is 23.4 Å². The van der Waals surface area contributed by atoms with E-state index in [1.165, 1.54) is 11.0 Å². The van der Waals surface area contributed by atoms with Gasteiger partial charge >= 0.3 is 6.09 Å². The topological polar surface area (TPSA) is 102 Å². The molecule has 2 aromatic carbocycles. The highest BCUT2D eigenvalue weighted by Crippen LogP contribution is 2.35. The molecule has 8 nitrogen and oxygen atoms in total. The number of hydrogen-bond acceptors (Lipinski definition) is 4. The fraction of sp³-hybridized carbons (Fsp3) is 0.321. The van der Waals surface area contributed by atoms with Crippen molar-refractivity contribution in [1.29, 1.82) is 5.26 Å². The van der Waals surface area contributed by atoms with Gasteiger partial charge in [0.15, 0.2) is 0 Å². The Morgan fingerprint density at radius 3 is 2.51 bits per heavy atom. The van der Waals surface area contributed by atoms with E-state index >= 15 is 4.39 Å². The van der Waals surface area contributed by atoms with Crippen molar-refractivity contribution in [1.82, 2.24) is 9.47 Å². The number of carboxylic acid groups (broad SMARTS) is 1. The lowest BCUT2D eigenvalue weighted by Crippen LogP contribution is -2.59. The molecule has 37 heavy (non-hydrogen) atoms. The molecule has 0 saturated carbocycles. The minimum Gasteiger partial charge on any atom is -0.465 e. The number of benzene rings is 2. The van der Waals surface area contributed by atoms with Crippen LogP contribution in [0.2, 0.25) is 0 Å². The van der Waals surface area contributed by atoms with Crippen molar-refractivity contribution < 1.29 is 19.1 Å². The number of aromatic nitrogens is 1. The Morgan fingerprint density at radius 1 is 1.14 bits per heavy atom. The number of amides is 2. The molecule has 0 radical (unpaired) electrons. The molecule has 2 aliphatic rings. The Balaban J connectivity index is 1.47. The lowest BCUT2D eigenvalue weighted by molar-refractivity contribution is 0.0747. The Morgan fingerprint density at radius 2 is 1.86 bits per heavy atom. The molecule has 2 aliphatic heterocycles. The number of carbonyl (C=O) groups excluding carboxylic acids is 1. The molecule has 1 atom stereocenters. The highest BCUT2D eigenvalue weighted by Gasteiger charge is 2.39. The van der Waals surface area contributed by atoms with Gasteiger partial charge in [0, 0.05) is 43.6 Å². The fourth-order valence-electron chi connectivity index (χ4n) is 5.16. The van der Waals surface area contributed by atoms with E-state index in [1.807, 2.05) is 48.6 Å². The summed E-state index contributed by atoms with van der Waals surface area (Å²) in [5, 5.41) is 21.6. The van der Waals surface area contributed by atoms with Crippen LogP contribution in [-0.4, -0.2) is 52.3 Å². The predicted molar refractivity (Wildman–Crippen MR) is 138 cm³/mol. The summed E-state index contributed by atoms with van der Waals surface area (Å²) in [7, 11) is 0. The lowest BCUT2D eigenvalue weighted by atomic mass is 9.84. The maximum Gasteiger partial charge on any atom is 0.407 e. The Hall–Kier alpha value is -4.32. The van der Waals surface area contributed by atoms with Crippen LogP contribution in [0.15, 0.2) is 48.7 Å². The minimum absolute atomic E-state index is 0.278. The van der Waals surface area contributed by atoms with Crippen LogP contribution in [0.25, 0.3) is 11.1 Å². The quantitative estimate of drug-likeness (QED) is 0.515. The van der Waals surface area contributed by atoms with Gasteiger partial charge in [-0.1, -0.05) is 32.9 Å². The van der Waals surface area contributed by atoms with Gasteiger partial charge in [-0.15, -0.1) is 0 Å². The second-order valence-electron chi connectivity index (χ2n) is 10.6. The number of carbonyl (C=O) groups is 2. The van der Waals surface area contributed by atoms with Crippen LogP contribution in [0.3, 0.4) is 0 Å². The van der Waals surface area contributed by atoms with E-state index in [1.54, 1.807) is 24.3 Å². The van der Waals surface area contributed by atoms with Crippen LogP contribution in [0.4, 0.5) is 20.6 Å². The summed E-state index contributed by atoms with van der Waals surface area (Å²) in [4.78, 5) is 28.1. The smallest absolute Gasteiger partial charge is 0.407 e. The minimum atomic E-state index is -0.970. The summed E-state index contributed by atoms with van der Waals surface area (Å²) in [6, 6.07) is 13.9. The van der Waals surface area contributed by atoms with Crippen LogP contribution in [0, 0.1) is 22.6 Å². The summed E-state index contributed by atoms with van der Waals surface area (Å²) in [5.74, 6) is -0.783. The molecule has 1 unspecified atom stereocenters. The van der Waals surface area contributed by atoms with Gasteiger partial charge < -0.3 is 24.8 Å². The Bertz CT molecular complexity index is 1430. The first-order valence-corrected chi connectivity index (χ1v) is 12.1. The molecule has 0 bridgehead atoms. The number of nitrogens with zero attached hydrogens (tertiary/aromatic N) is 4. The van der Waals surface area contributed by atoms with Crippen LogP contribution < -0.4 is 10.2 Å². The number of halogens is 1. The molecule has 3 aromatic rings. The van der Waals surface area contributed by atoms with Crippen molar-refractivity contribution in [3.05, 3.63) is 71.3 Å². The van der Waals surface area contributed by atoms with E-state index in [2.05, 4.69) is 11.4 Å². The van der Waals surface area contributed by atoms with Crippen molar-refractivity contribution in [2.75, 3.05) is 29.9 Å². The first-order valence-electron chi connectivity index (χ1n) is 12.1. The van der Waals surface area contributed by atoms with Crippen molar-refractivity contribution in [2.24, 2.45) is 5.41 Å². The molecule has 1 saturated heterocycles. The largest absolute Gasteiger partial charge is 0.465 e. The number of rotatable bonds is 2. The van der Waals surface area contributed by atoms with Gasteiger partial charge in [-0.2, -0.15) is 5.26 Å². The van der Waals surface area contributed by atoms with E-state index in [-0.39, 0.29) is 23.9 Å². The number of hydrogen-bond donors (Lipinski definition) is 2. The fourth-order valence-corrected chi connectivity index (χ4v) is 5.16. The van der Waals surface area contributed by atoms with E-state index in [0.717, 1.165) is 16.7 Å². The molecule has 2 amide bonds. The number of fused-ring (bicyclic) bond motifs is 2. The maximum atomic E-state index is 15.4. The maximum absolute atomic E-state index is 15.4. The Kier molecular flexibility index (Phi) is 5.91. The molecule has 0 spiro atoms. The monoisotopic (exact) mass is 501 g/mol.